The van der Waals surface area contributed by atoms with Crippen LogP contribution in [0.1, 0.15) is 36.0 Å². The van der Waals surface area contributed by atoms with E-state index in [0.29, 0.717) is 5.02 Å². The minimum Gasteiger partial charge on any atom is -0.476 e. The number of halogens is 1. The van der Waals surface area contributed by atoms with Crippen LogP contribution < -0.4 is 4.74 Å². The Balaban J connectivity index is 1.62. The molecule has 0 amide bonds. The lowest BCUT2D eigenvalue weighted by molar-refractivity contribution is 0.221. The average Bonchev–Trinajstić information content (AvgIpc) is 3.38. The third-order valence-corrected chi connectivity index (χ3v) is 5.58. The van der Waals surface area contributed by atoms with Crippen LogP contribution in [0.2, 0.25) is 5.02 Å². The summed E-state index contributed by atoms with van der Waals surface area (Å²) in [6.07, 6.45) is 2.23. The van der Waals surface area contributed by atoms with Gasteiger partial charge in [0.15, 0.2) is 5.06 Å². The molecule has 1 atom stereocenters. The second kappa shape index (κ2) is 6.96. The predicted octanol–water partition coefficient (Wildman–Crippen LogP) is 6.86. The summed E-state index contributed by atoms with van der Waals surface area (Å²) < 4.78 is 7.38. The first-order chi connectivity index (χ1) is 12.2. The van der Waals surface area contributed by atoms with Gasteiger partial charge in [-0.3, -0.25) is 0 Å². The molecule has 1 heterocycles. The van der Waals surface area contributed by atoms with Crippen molar-refractivity contribution in [1.82, 2.24) is 0 Å². The van der Waals surface area contributed by atoms with Crippen LogP contribution in [-0.4, -0.2) is 6.54 Å². The molecule has 0 aliphatic heterocycles. The molecule has 1 aromatic heterocycles. The Morgan fingerprint density at radius 3 is 2.88 bits per heavy atom. The summed E-state index contributed by atoms with van der Waals surface area (Å²) in [5.74, 6) is 0.736. The van der Waals surface area contributed by atoms with Crippen LogP contribution in [0.4, 0.5) is 0 Å². The van der Waals surface area contributed by atoms with Crippen molar-refractivity contribution in [2.45, 2.75) is 24.9 Å². The number of fused-ring (bicyclic) bond motifs is 1. The van der Waals surface area contributed by atoms with E-state index in [1.54, 1.807) is 11.3 Å². The first-order valence-corrected chi connectivity index (χ1v) is 9.39. The van der Waals surface area contributed by atoms with Crippen LogP contribution >= 0.6 is 22.9 Å². The molecule has 6 heteroatoms. The van der Waals surface area contributed by atoms with Gasteiger partial charge < -0.3 is 4.74 Å². The molecule has 4 nitrogen and oxygen atoms in total. The van der Waals surface area contributed by atoms with E-state index in [-0.39, 0.29) is 12.6 Å². The fourth-order valence-electron chi connectivity index (χ4n) is 2.92. The van der Waals surface area contributed by atoms with Gasteiger partial charge in [-0.25, -0.2) is 0 Å². The quantitative estimate of drug-likeness (QED) is 0.266. The van der Waals surface area contributed by atoms with Gasteiger partial charge in [-0.15, -0.1) is 0 Å². The zero-order valence-electron chi connectivity index (χ0n) is 13.4. The van der Waals surface area contributed by atoms with Crippen molar-refractivity contribution in [3.63, 3.8) is 0 Å². The maximum absolute atomic E-state index is 8.66. The van der Waals surface area contributed by atoms with Crippen molar-refractivity contribution in [2.75, 3.05) is 6.54 Å². The summed E-state index contributed by atoms with van der Waals surface area (Å²) in [7, 11) is 0. The SMILES string of the molecule is [N-]=[N+]=NC[C@H](Oc1cc2ccc(C3CC3)cc2s1)c1cccc(Cl)c1. The molecule has 1 fully saturated rings. The van der Waals surface area contributed by atoms with Gasteiger partial charge in [-0.1, -0.05) is 52.3 Å². The second-order valence-electron chi connectivity index (χ2n) is 6.21. The Morgan fingerprint density at radius 1 is 1.24 bits per heavy atom. The second-order valence-corrected chi connectivity index (χ2v) is 7.69. The van der Waals surface area contributed by atoms with Gasteiger partial charge in [0, 0.05) is 14.6 Å². The molecule has 3 aromatic rings. The number of hydrogen-bond donors (Lipinski definition) is 0. The van der Waals surface area contributed by atoms with Crippen molar-refractivity contribution in [3.05, 3.63) is 75.1 Å². The molecule has 1 aliphatic rings. The Morgan fingerprint density at radius 2 is 2.12 bits per heavy atom. The third kappa shape index (κ3) is 3.74. The molecule has 0 N–H and O–H groups in total. The molecule has 1 aliphatic carbocycles. The van der Waals surface area contributed by atoms with E-state index in [0.717, 1.165) is 16.5 Å². The summed E-state index contributed by atoms with van der Waals surface area (Å²) in [5, 5.41) is 6.33. The summed E-state index contributed by atoms with van der Waals surface area (Å²) in [6, 6.07) is 16.2. The molecule has 0 spiro atoms. The standard InChI is InChI=1S/C19H16ClN3OS/c20-16-3-1-2-14(8-16)17(11-22-23-21)24-19-10-15-7-6-13(12-4-5-12)9-18(15)25-19/h1-3,6-10,12,17H,4-5,11H2/t17-/m0/s1. The van der Waals surface area contributed by atoms with Crippen LogP contribution in [0.15, 0.2) is 53.6 Å². The van der Waals surface area contributed by atoms with E-state index in [4.69, 9.17) is 21.9 Å². The molecule has 0 unspecified atom stereocenters. The van der Waals surface area contributed by atoms with Crippen LogP contribution in [0, 0.1) is 0 Å². The summed E-state index contributed by atoms with van der Waals surface area (Å²) in [4.78, 5) is 2.86. The molecular weight excluding hydrogens is 354 g/mol. The number of benzene rings is 2. The molecule has 0 saturated heterocycles. The lowest BCUT2D eigenvalue weighted by atomic mass is 10.1. The van der Waals surface area contributed by atoms with Gasteiger partial charge in [-0.2, -0.15) is 0 Å². The van der Waals surface area contributed by atoms with Crippen LogP contribution in [-0.2, 0) is 0 Å². The fourth-order valence-corrected chi connectivity index (χ4v) is 4.13. The normalized spacial score (nSPS) is 14.9. The van der Waals surface area contributed by atoms with Gasteiger partial charge in [0.2, 0.25) is 0 Å². The van der Waals surface area contributed by atoms with E-state index in [1.807, 2.05) is 30.3 Å². The monoisotopic (exact) mass is 369 g/mol. The Kier molecular flexibility index (Phi) is 4.53. The Bertz CT molecular complexity index is 960. The molecule has 0 radical (unpaired) electrons. The molecule has 126 valence electrons. The molecule has 4 rings (SSSR count). The van der Waals surface area contributed by atoms with Crippen molar-refractivity contribution in [2.24, 2.45) is 5.11 Å². The van der Waals surface area contributed by atoms with Crippen molar-refractivity contribution in [3.8, 4) is 5.06 Å². The maximum Gasteiger partial charge on any atom is 0.175 e. The topological polar surface area (TPSA) is 58.0 Å². The lowest BCUT2D eigenvalue weighted by Crippen LogP contribution is -2.10. The Labute approximate surface area is 154 Å². The fraction of sp³-hybridized carbons (Fsp3) is 0.263. The van der Waals surface area contributed by atoms with Crippen molar-refractivity contribution >= 4 is 33.0 Å². The first kappa shape index (κ1) is 16.3. The number of nitrogens with zero attached hydrogens (tertiary/aromatic N) is 3. The number of hydrogen-bond acceptors (Lipinski definition) is 3. The minimum atomic E-state index is -0.356. The molecule has 25 heavy (non-hydrogen) atoms. The molecule has 2 aromatic carbocycles. The van der Waals surface area contributed by atoms with Crippen molar-refractivity contribution in [1.29, 1.82) is 0 Å². The highest BCUT2D eigenvalue weighted by Crippen LogP contribution is 2.43. The number of thiophene rings is 1. The van der Waals surface area contributed by atoms with Gasteiger partial charge in [0.1, 0.15) is 6.10 Å². The van der Waals surface area contributed by atoms with E-state index >= 15 is 0 Å². The van der Waals surface area contributed by atoms with Gasteiger partial charge >= 0.3 is 0 Å². The van der Waals surface area contributed by atoms with Crippen LogP contribution in [0.25, 0.3) is 20.5 Å². The Hall–Kier alpha value is -2.20. The van der Waals surface area contributed by atoms with Crippen molar-refractivity contribution < 1.29 is 4.74 Å². The van der Waals surface area contributed by atoms with Crippen LogP contribution in [0.5, 0.6) is 5.06 Å². The molecular formula is C19H16ClN3OS. The smallest absolute Gasteiger partial charge is 0.175 e. The largest absolute Gasteiger partial charge is 0.476 e. The highest BCUT2D eigenvalue weighted by Gasteiger charge is 2.24. The zero-order chi connectivity index (χ0) is 17.2. The average molecular weight is 370 g/mol. The van der Waals surface area contributed by atoms with E-state index in [9.17, 15) is 0 Å². The number of rotatable bonds is 6. The lowest BCUT2D eigenvalue weighted by Gasteiger charge is -2.16. The van der Waals surface area contributed by atoms with Gasteiger partial charge in [0.25, 0.3) is 0 Å². The molecule has 0 bridgehead atoms. The van der Waals surface area contributed by atoms with Crippen LogP contribution in [0.3, 0.4) is 0 Å². The number of azide groups is 1. The van der Waals surface area contributed by atoms with Gasteiger partial charge in [0.05, 0.1) is 6.54 Å². The third-order valence-electron chi connectivity index (χ3n) is 4.36. The van der Waals surface area contributed by atoms with E-state index in [2.05, 4.69) is 28.2 Å². The minimum absolute atomic E-state index is 0.221. The summed E-state index contributed by atoms with van der Waals surface area (Å²) in [5.41, 5.74) is 11.0. The zero-order valence-corrected chi connectivity index (χ0v) is 15.0. The highest BCUT2D eigenvalue weighted by atomic mass is 35.5. The first-order valence-electron chi connectivity index (χ1n) is 8.19. The predicted molar refractivity (Wildman–Crippen MR) is 103 cm³/mol. The summed E-state index contributed by atoms with van der Waals surface area (Å²) >= 11 is 7.71. The molecule has 1 saturated carbocycles. The van der Waals surface area contributed by atoms with E-state index in [1.165, 1.54) is 28.5 Å². The van der Waals surface area contributed by atoms with E-state index < -0.39 is 0 Å². The highest BCUT2D eigenvalue weighted by molar-refractivity contribution is 7.20. The summed E-state index contributed by atoms with van der Waals surface area (Å²) in [6.45, 7) is 0.221. The number of ether oxygens (including phenoxy) is 1. The van der Waals surface area contributed by atoms with Gasteiger partial charge in [-0.05, 0) is 65.1 Å². The maximum atomic E-state index is 8.66.